The zero-order chi connectivity index (χ0) is 14.3. The van der Waals surface area contributed by atoms with Crippen LogP contribution in [-0.4, -0.2) is 23.5 Å². The smallest absolute Gasteiger partial charge is 0.296 e. The SMILES string of the molecule is CC(Nc1cc2c(cc1[N+](=O)[O-])OCC(=O)N2)C1CC1. The van der Waals surface area contributed by atoms with Crippen LogP contribution in [0.3, 0.4) is 0 Å². The van der Waals surface area contributed by atoms with Gasteiger partial charge in [-0.2, -0.15) is 0 Å². The molecule has 0 spiro atoms. The van der Waals surface area contributed by atoms with E-state index in [1.54, 1.807) is 6.07 Å². The molecule has 1 atom stereocenters. The van der Waals surface area contributed by atoms with Gasteiger partial charge in [0.15, 0.2) is 12.4 Å². The molecule has 0 aromatic heterocycles. The molecule has 0 radical (unpaired) electrons. The van der Waals surface area contributed by atoms with Crippen molar-refractivity contribution in [2.75, 3.05) is 17.2 Å². The lowest BCUT2D eigenvalue weighted by atomic mass is 10.1. The van der Waals surface area contributed by atoms with Crippen molar-refractivity contribution in [3.8, 4) is 5.75 Å². The number of fused-ring (bicyclic) bond motifs is 1. The molecule has 1 fully saturated rings. The second kappa shape index (κ2) is 4.66. The number of nitrogens with zero attached hydrogens (tertiary/aromatic N) is 1. The molecule has 3 rings (SSSR count). The normalized spacial score (nSPS) is 18.6. The molecular weight excluding hydrogens is 262 g/mol. The quantitative estimate of drug-likeness (QED) is 0.649. The molecular formula is C13H15N3O4. The van der Waals surface area contributed by atoms with Gasteiger partial charge in [-0.3, -0.25) is 14.9 Å². The Morgan fingerprint density at radius 3 is 2.90 bits per heavy atom. The zero-order valence-corrected chi connectivity index (χ0v) is 11.0. The highest BCUT2D eigenvalue weighted by Gasteiger charge is 2.30. The number of carbonyl (C=O) groups excluding carboxylic acids is 1. The number of rotatable bonds is 4. The van der Waals surface area contributed by atoms with Gasteiger partial charge in [-0.15, -0.1) is 0 Å². The third-order valence-electron chi connectivity index (χ3n) is 3.64. The van der Waals surface area contributed by atoms with Crippen LogP contribution >= 0.6 is 0 Å². The van der Waals surface area contributed by atoms with E-state index in [1.807, 2.05) is 6.92 Å². The van der Waals surface area contributed by atoms with E-state index < -0.39 is 4.92 Å². The van der Waals surface area contributed by atoms with Gasteiger partial charge in [-0.1, -0.05) is 0 Å². The van der Waals surface area contributed by atoms with E-state index in [1.165, 1.54) is 6.07 Å². The van der Waals surface area contributed by atoms with Gasteiger partial charge in [-0.25, -0.2) is 0 Å². The Morgan fingerprint density at radius 1 is 1.50 bits per heavy atom. The van der Waals surface area contributed by atoms with Gasteiger partial charge in [0.1, 0.15) is 5.69 Å². The summed E-state index contributed by atoms with van der Waals surface area (Å²) in [5.41, 5.74) is 0.851. The second-order valence-electron chi connectivity index (χ2n) is 5.23. The summed E-state index contributed by atoms with van der Waals surface area (Å²) < 4.78 is 5.20. The molecule has 1 aliphatic carbocycles. The fourth-order valence-electron chi connectivity index (χ4n) is 2.34. The molecule has 7 nitrogen and oxygen atoms in total. The number of nitrogens with one attached hydrogen (secondary N) is 2. The van der Waals surface area contributed by atoms with Crippen LogP contribution in [0.5, 0.6) is 5.75 Å². The van der Waals surface area contributed by atoms with E-state index in [4.69, 9.17) is 4.74 Å². The van der Waals surface area contributed by atoms with Crippen molar-refractivity contribution < 1.29 is 14.5 Å². The molecule has 7 heteroatoms. The van der Waals surface area contributed by atoms with Crippen LogP contribution in [0.4, 0.5) is 17.1 Å². The summed E-state index contributed by atoms with van der Waals surface area (Å²) >= 11 is 0. The largest absolute Gasteiger partial charge is 0.481 e. The van der Waals surface area contributed by atoms with Gasteiger partial charge in [0.25, 0.3) is 11.6 Å². The molecule has 1 aromatic rings. The molecule has 2 aliphatic rings. The summed E-state index contributed by atoms with van der Waals surface area (Å²) in [6.07, 6.45) is 2.29. The summed E-state index contributed by atoms with van der Waals surface area (Å²) in [5.74, 6) is 0.643. The molecule has 1 aromatic carbocycles. The number of nitro groups is 1. The lowest BCUT2D eigenvalue weighted by Gasteiger charge is -2.20. The van der Waals surface area contributed by atoms with Gasteiger partial charge in [0, 0.05) is 6.04 Å². The zero-order valence-electron chi connectivity index (χ0n) is 11.0. The summed E-state index contributed by atoms with van der Waals surface area (Å²) in [5, 5.41) is 17.0. The number of carbonyl (C=O) groups is 1. The molecule has 2 N–H and O–H groups in total. The van der Waals surface area contributed by atoms with Gasteiger partial charge in [0.05, 0.1) is 16.7 Å². The predicted octanol–water partition coefficient (Wildman–Crippen LogP) is 2.14. The Labute approximate surface area is 115 Å². The summed E-state index contributed by atoms with van der Waals surface area (Å²) in [6, 6.07) is 3.10. The van der Waals surface area contributed by atoms with E-state index in [0.29, 0.717) is 23.0 Å². The molecule has 106 valence electrons. The first-order valence-corrected chi connectivity index (χ1v) is 6.56. The Hall–Kier alpha value is -2.31. The number of hydrogen-bond donors (Lipinski definition) is 2. The average Bonchev–Trinajstić information content (AvgIpc) is 3.21. The Bertz CT molecular complexity index is 583. The predicted molar refractivity (Wildman–Crippen MR) is 73.0 cm³/mol. The lowest BCUT2D eigenvalue weighted by molar-refractivity contribution is -0.384. The number of ether oxygens (including phenoxy) is 1. The van der Waals surface area contributed by atoms with Crippen molar-refractivity contribution in [2.24, 2.45) is 5.92 Å². The van der Waals surface area contributed by atoms with E-state index in [0.717, 1.165) is 12.8 Å². The first-order valence-electron chi connectivity index (χ1n) is 6.56. The standard InChI is InChI=1S/C13H15N3O4/c1-7(8-2-3-8)14-9-4-10-12(5-11(9)16(18)19)20-6-13(17)15-10/h4-5,7-8,14H,2-3,6H2,1H3,(H,15,17). The van der Waals surface area contributed by atoms with Crippen molar-refractivity contribution >= 4 is 23.0 Å². The fraction of sp³-hybridized carbons (Fsp3) is 0.462. The Balaban J connectivity index is 1.95. The second-order valence-corrected chi connectivity index (χ2v) is 5.23. The van der Waals surface area contributed by atoms with Crippen molar-refractivity contribution in [1.29, 1.82) is 0 Å². The topological polar surface area (TPSA) is 93.5 Å². The van der Waals surface area contributed by atoms with Crippen LogP contribution < -0.4 is 15.4 Å². The molecule has 0 bridgehead atoms. The van der Waals surface area contributed by atoms with E-state index >= 15 is 0 Å². The van der Waals surface area contributed by atoms with Crippen molar-refractivity contribution in [1.82, 2.24) is 0 Å². The van der Waals surface area contributed by atoms with Crippen LogP contribution in [0.2, 0.25) is 0 Å². The Morgan fingerprint density at radius 2 is 2.25 bits per heavy atom. The van der Waals surface area contributed by atoms with Crippen LogP contribution in [0.15, 0.2) is 12.1 Å². The first kappa shape index (κ1) is 12.7. The van der Waals surface area contributed by atoms with Gasteiger partial charge >= 0.3 is 0 Å². The van der Waals surface area contributed by atoms with Gasteiger partial charge in [0.2, 0.25) is 0 Å². The Kier molecular flexibility index (Phi) is 2.96. The lowest BCUT2D eigenvalue weighted by Crippen LogP contribution is -2.26. The summed E-state index contributed by atoms with van der Waals surface area (Å²) in [6.45, 7) is 1.89. The molecule has 0 saturated heterocycles. The molecule has 1 unspecified atom stereocenters. The van der Waals surface area contributed by atoms with Crippen molar-refractivity contribution in [3.05, 3.63) is 22.2 Å². The van der Waals surface area contributed by atoms with E-state index in [2.05, 4.69) is 10.6 Å². The van der Waals surface area contributed by atoms with E-state index in [-0.39, 0.29) is 24.2 Å². The maximum Gasteiger partial charge on any atom is 0.296 e. The highest BCUT2D eigenvalue weighted by atomic mass is 16.6. The maximum absolute atomic E-state index is 11.3. The van der Waals surface area contributed by atoms with Gasteiger partial charge < -0.3 is 15.4 Å². The van der Waals surface area contributed by atoms with Crippen LogP contribution in [0.25, 0.3) is 0 Å². The number of benzene rings is 1. The highest BCUT2D eigenvalue weighted by molar-refractivity contribution is 5.96. The third kappa shape index (κ3) is 2.38. The minimum Gasteiger partial charge on any atom is -0.481 e. The molecule has 1 saturated carbocycles. The number of hydrogen-bond acceptors (Lipinski definition) is 5. The minimum absolute atomic E-state index is 0.0348. The van der Waals surface area contributed by atoms with Gasteiger partial charge in [-0.05, 0) is 31.7 Å². The van der Waals surface area contributed by atoms with Crippen molar-refractivity contribution in [2.45, 2.75) is 25.8 Å². The monoisotopic (exact) mass is 277 g/mol. The average molecular weight is 277 g/mol. The first-order chi connectivity index (χ1) is 9.54. The highest BCUT2D eigenvalue weighted by Crippen LogP contribution is 2.40. The molecule has 1 aliphatic heterocycles. The van der Waals surface area contributed by atoms with Crippen molar-refractivity contribution in [3.63, 3.8) is 0 Å². The fourth-order valence-corrected chi connectivity index (χ4v) is 2.34. The third-order valence-corrected chi connectivity index (χ3v) is 3.64. The van der Waals surface area contributed by atoms with Crippen LogP contribution in [0, 0.1) is 16.0 Å². The minimum atomic E-state index is -0.442. The van der Waals surface area contributed by atoms with Crippen LogP contribution in [0.1, 0.15) is 19.8 Å². The number of amides is 1. The summed E-state index contributed by atoms with van der Waals surface area (Å²) in [7, 11) is 0. The summed E-state index contributed by atoms with van der Waals surface area (Å²) in [4.78, 5) is 22.0. The van der Waals surface area contributed by atoms with E-state index in [9.17, 15) is 14.9 Å². The number of anilines is 2. The molecule has 1 amide bonds. The van der Waals surface area contributed by atoms with Crippen LogP contribution in [-0.2, 0) is 4.79 Å². The molecule has 1 heterocycles. The maximum atomic E-state index is 11.3. The molecule has 20 heavy (non-hydrogen) atoms. The number of nitro benzene ring substituents is 1.